The van der Waals surface area contributed by atoms with Crippen LogP contribution in [0.2, 0.25) is 0 Å². The molecular weight excluding hydrogens is 238 g/mol. The number of nitrogens with one attached hydrogen (secondary N) is 1. The van der Waals surface area contributed by atoms with Gasteiger partial charge in [-0.25, -0.2) is 0 Å². The Kier molecular flexibility index (Phi) is 3.51. The summed E-state index contributed by atoms with van der Waals surface area (Å²) in [5.74, 6) is 0.821. The molecule has 0 aliphatic heterocycles. The lowest BCUT2D eigenvalue weighted by molar-refractivity contribution is 0.134. The van der Waals surface area contributed by atoms with Crippen molar-refractivity contribution < 1.29 is 4.74 Å². The molecular formula is C15H19N3O. The highest BCUT2D eigenvalue weighted by atomic mass is 16.5. The van der Waals surface area contributed by atoms with E-state index in [1.807, 2.05) is 24.3 Å². The van der Waals surface area contributed by atoms with Crippen LogP contribution >= 0.6 is 0 Å². The van der Waals surface area contributed by atoms with Gasteiger partial charge in [0.05, 0.1) is 17.8 Å². The molecule has 0 atom stereocenters. The number of rotatable bonds is 6. The van der Waals surface area contributed by atoms with Gasteiger partial charge in [0.25, 0.3) is 0 Å². The predicted octanol–water partition coefficient (Wildman–Crippen LogP) is 2.66. The first-order valence-electron chi connectivity index (χ1n) is 6.79. The Morgan fingerprint density at radius 3 is 3.05 bits per heavy atom. The lowest BCUT2D eigenvalue weighted by atomic mass is 10.1. The number of benzene rings is 1. The van der Waals surface area contributed by atoms with Crippen LogP contribution in [0, 0.1) is 5.92 Å². The summed E-state index contributed by atoms with van der Waals surface area (Å²) >= 11 is 0. The first kappa shape index (κ1) is 12.2. The van der Waals surface area contributed by atoms with Gasteiger partial charge in [0.2, 0.25) is 0 Å². The minimum Gasteiger partial charge on any atom is -0.397 e. The van der Waals surface area contributed by atoms with Crippen molar-refractivity contribution in [3.8, 4) is 0 Å². The molecule has 0 bridgehead atoms. The van der Waals surface area contributed by atoms with Gasteiger partial charge in [0, 0.05) is 30.4 Å². The summed E-state index contributed by atoms with van der Waals surface area (Å²) in [7, 11) is 0. The lowest BCUT2D eigenvalue weighted by Crippen LogP contribution is -2.11. The third-order valence-corrected chi connectivity index (χ3v) is 3.41. The van der Waals surface area contributed by atoms with Crippen molar-refractivity contribution in [2.24, 2.45) is 5.92 Å². The molecule has 2 aromatic rings. The molecule has 4 heteroatoms. The molecule has 0 spiro atoms. The van der Waals surface area contributed by atoms with E-state index < -0.39 is 0 Å². The first-order chi connectivity index (χ1) is 9.34. The summed E-state index contributed by atoms with van der Waals surface area (Å²) in [4.78, 5) is 4.32. The highest BCUT2D eigenvalue weighted by molar-refractivity contribution is 5.98. The average molecular weight is 257 g/mol. The van der Waals surface area contributed by atoms with E-state index in [4.69, 9.17) is 10.5 Å². The van der Waals surface area contributed by atoms with Crippen LogP contribution in [0.4, 0.5) is 11.4 Å². The zero-order valence-corrected chi connectivity index (χ0v) is 10.9. The molecule has 1 aliphatic rings. The highest BCUT2D eigenvalue weighted by Gasteiger charge is 2.20. The van der Waals surface area contributed by atoms with Gasteiger partial charge in [-0.3, -0.25) is 4.98 Å². The topological polar surface area (TPSA) is 60.2 Å². The van der Waals surface area contributed by atoms with Crippen molar-refractivity contribution in [2.75, 3.05) is 30.8 Å². The monoisotopic (exact) mass is 257 g/mol. The van der Waals surface area contributed by atoms with E-state index in [1.54, 1.807) is 6.20 Å². The van der Waals surface area contributed by atoms with E-state index in [9.17, 15) is 0 Å². The number of hydrogen-bond acceptors (Lipinski definition) is 4. The Morgan fingerprint density at radius 1 is 1.32 bits per heavy atom. The maximum Gasteiger partial charge on any atom is 0.0951 e. The maximum absolute atomic E-state index is 5.93. The normalized spacial score (nSPS) is 14.7. The number of aromatic nitrogens is 1. The van der Waals surface area contributed by atoms with Crippen LogP contribution in [0.3, 0.4) is 0 Å². The van der Waals surface area contributed by atoms with Crippen LogP contribution in [-0.4, -0.2) is 24.7 Å². The maximum atomic E-state index is 5.93. The minimum atomic E-state index is 0.714. The molecule has 0 amide bonds. The van der Waals surface area contributed by atoms with E-state index in [-0.39, 0.29) is 0 Å². The summed E-state index contributed by atoms with van der Waals surface area (Å²) in [6.45, 7) is 2.45. The predicted molar refractivity (Wildman–Crippen MR) is 78.2 cm³/mol. The minimum absolute atomic E-state index is 0.714. The standard InChI is InChI=1S/C15H19N3O/c16-13-5-6-14(12-2-1-7-18-15(12)13)17-8-9-19-10-11-3-4-11/h1-2,5-7,11,17H,3-4,8-10,16H2. The number of fused-ring (bicyclic) bond motifs is 1. The molecule has 0 unspecified atom stereocenters. The van der Waals surface area contributed by atoms with Crippen molar-refractivity contribution >= 4 is 22.3 Å². The quantitative estimate of drug-likeness (QED) is 0.617. The van der Waals surface area contributed by atoms with Crippen molar-refractivity contribution in [3.63, 3.8) is 0 Å². The van der Waals surface area contributed by atoms with E-state index >= 15 is 0 Å². The zero-order valence-electron chi connectivity index (χ0n) is 10.9. The number of nitrogens with two attached hydrogens (primary N) is 1. The van der Waals surface area contributed by atoms with Gasteiger partial charge in [-0.1, -0.05) is 0 Å². The van der Waals surface area contributed by atoms with E-state index in [1.165, 1.54) is 12.8 Å². The zero-order chi connectivity index (χ0) is 13.1. The Balaban J connectivity index is 1.61. The van der Waals surface area contributed by atoms with Crippen LogP contribution in [0.15, 0.2) is 30.5 Å². The molecule has 1 heterocycles. The van der Waals surface area contributed by atoms with Crippen LogP contribution in [0.1, 0.15) is 12.8 Å². The number of hydrogen-bond donors (Lipinski definition) is 2. The molecule has 3 rings (SSSR count). The molecule has 4 nitrogen and oxygen atoms in total. The van der Waals surface area contributed by atoms with Crippen LogP contribution < -0.4 is 11.1 Å². The molecule has 3 N–H and O–H groups in total. The highest BCUT2D eigenvalue weighted by Crippen LogP contribution is 2.29. The summed E-state index contributed by atoms with van der Waals surface area (Å²) in [5.41, 5.74) is 8.56. The Morgan fingerprint density at radius 2 is 2.21 bits per heavy atom. The lowest BCUT2D eigenvalue weighted by Gasteiger charge is -2.11. The Hall–Kier alpha value is -1.81. The third-order valence-electron chi connectivity index (χ3n) is 3.41. The molecule has 1 aromatic heterocycles. The van der Waals surface area contributed by atoms with Gasteiger partial charge in [-0.05, 0) is 43.0 Å². The van der Waals surface area contributed by atoms with Gasteiger partial charge in [-0.15, -0.1) is 0 Å². The number of anilines is 2. The van der Waals surface area contributed by atoms with E-state index in [2.05, 4.69) is 10.3 Å². The van der Waals surface area contributed by atoms with Gasteiger partial charge in [0.15, 0.2) is 0 Å². The van der Waals surface area contributed by atoms with Crippen LogP contribution in [0.5, 0.6) is 0 Å². The number of ether oxygens (including phenoxy) is 1. The largest absolute Gasteiger partial charge is 0.397 e. The second-order valence-corrected chi connectivity index (χ2v) is 5.05. The molecule has 0 radical (unpaired) electrons. The van der Waals surface area contributed by atoms with Gasteiger partial charge in [-0.2, -0.15) is 0 Å². The Bertz CT molecular complexity index is 566. The Labute approximate surface area is 113 Å². The van der Waals surface area contributed by atoms with Gasteiger partial charge < -0.3 is 15.8 Å². The fourth-order valence-corrected chi connectivity index (χ4v) is 2.14. The molecule has 1 fully saturated rings. The second kappa shape index (κ2) is 5.45. The van der Waals surface area contributed by atoms with E-state index in [0.717, 1.165) is 42.3 Å². The molecule has 19 heavy (non-hydrogen) atoms. The first-order valence-corrected chi connectivity index (χ1v) is 6.79. The van der Waals surface area contributed by atoms with Crippen molar-refractivity contribution in [3.05, 3.63) is 30.5 Å². The smallest absolute Gasteiger partial charge is 0.0951 e. The second-order valence-electron chi connectivity index (χ2n) is 5.05. The number of nitrogen functional groups attached to an aromatic ring is 1. The third kappa shape index (κ3) is 2.96. The van der Waals surface area contributed by atoms with Gasteiger partial charge >= 0.3 is 0 Å². The van der Waals surface area contributed by atoms with Crippen molar-refractivity contribution in [2.45, 2.75) is 12.8 Å². The van der Waals surface area contributed by atoms with Crippen LogP contribution in [-0.2, 0) is 4.74 Å². The molecule has 1 aromatic carbocycles. The molecule has 1 aliphatic carbocycles. The fourth-order valence-electron chi connectivity index (χ4n) is 2.14. The summed E-state index contributed by atoms with van der Waals surface area (Å²) in [6.07, 6.45) is 4.44. The average Bonchev–Trinajstić information content (AvgIpc) is 3.25. The van der Waals surface area contributed by atoms with Crippen molar-refractivity contribution in [1.82, 2.24) is 4.98 Å². The van der Waals surface area contributed by atoms with Crippen LogP contribution in [0.25, 0.3) is 10.9 Å². The fraction of sp³-hybridized carbons (Fsp3) is 0.400. The molecule has 1 saturated carbocycles. The summed E-state index contributed by atoms with van der Waals surface area (Å²) in [6, 6.07) is 7.85. The number of nitrogens with zero attached hydrogens (tertiary/aromatic N) is 1. The van der Waals surface area contributed by atoms with E-state index in [0.29, 0.717) is 5.69 Å². The molecule has 100 valence electrons. The number of pyridine rings is 1. The molecule has 0 saturated heterocycles. The van der Waals surface area contributed by atoms with Gasteiger partial charge in [0.1, 0.15) is 0 Å². The SMILES string of the molecule is Nc1ccc(NCCOCC2CC2)c2cccnc12. The summed E-state index contributed by atoms with van der Waals surface area (Å²) < 4.78 is 5.61. The summed E-state index contributed by atoms with van der Waals surface area (Å²) in [5, 5.41) is 4.45. The van der Waals surface area contributed by atoms with Crippen molar-refractivity contribution in [1.29, 1.82) is 0 Å².